The van der Waals surface area contributed by atoms with Crippen LogP contribution in [0.5, 0.6) is 0 Å². The van der Waals surface area contributed by atoms with Crippen LogP contribution in [0.2, 0.25) is 0 Å². The van der Waals surface area contributed by atoms with Gasteiger partial charge in [-0.1, -0.05) is 67.2 Å². The maximum Gasteiger partial charge on any atom is 0.237 e. The molecule has 2 heterocycles. The highest BCUT2D eigenvalue weighted by Crippen LogP contribution is 2.25. The molecule has 0 radical (unpaired) electrons. The molecule has 0 aliphatic carbocycles. The van der Waals surface area contributed by atoms with Crippen LogP contribution in [0, 0.1) is 13.8 Å². The second-order valence-electron chi connectivity index (χ2n) is 7.63. The molecule has 0 unspecified atom stereocenters. The fourth-order valence-electron chi connectivity index (χ4n) is 3.04. The molecule has 0 spiro atoms. The van der Waals surface area contributed by atoms with Gasteiger partial charge in [0.2, 0.25) is 11.7 Å². The van der Waals surface area contributed by atoms with E-state index >= 15 is 0 Å². The summed E-state index contributed by atoms with van der Waals surface area (Å²) in [7, 11) is 0. The third-order valence-corrected chi connectivity index (χ3v) is 5.99. The topological polar surface area (TPSA) is 64.7 Å². The smallest absolute Gasteiger partial charge is 0.237 e. The number of aromatic nitrogens is 4. The average molecular weight is 417 g/mol. The van der Waals surface area contributed by atoms with Crippen LogP contribution < -0.4 is 0 Å². The van der Waals surface area contributed by atoms with Crippen molar-refractivity contribution in [3.05, 3.63) is 77.2 Å². The zero-order chi connectivity index (χ0) is 21.1. The van der Waals surface area contributed by atoms with E-state index in [-0.39, 0.29) is 0 Å². The van der Waals surface area contributed by atoms with E-state index < -0.39 is 0 Å². The van der Waals surface area contributed by atoms with Gasteiger partial charge in [-0.15, -0.1) is 10.2 Å². The Labute approximate surface area is 181 Å². The van der Waals surface area contributed by atoms with Gasteiger partial charge in [0.05, 0.1) is 11.4 Å². The zero-order valence-corrected chi connectivity index (χ0v) is 18.4. The van der Waals surface area contributed by atoms with Crippen LogP contribution in [-0.4, -0.2) is 20.3 Å². The molecule has 0 atom stereocenters. The van der Waals surface area contributed by atoms with Crippen molar-refractivity contribution in [2.45, 2.75) is 44.4 Å². The Hall–Kier alpha value is -2.99. The minimum atomic E-state index is 0.518. The van der Waals surface area contributed by atoms with Gasteiger partial charge in [-0.3, -0.25) is 0 Å². The minimum absolute atomic E-state index is 0.518. The normalized spacial score (nSPS) is 11.2. The summed E-state index contributed by atoms with van der Waals surface area (Å²) in [5, 5.41) is 13.6. The Morgan fingerprint density at radius 2 is 1.63 bits per heavy atom. The van der Waals surface area contributed by atoms with E-state index in [4.69, 9.17) is 4.52 Å². The summed E-state index contributed by atoms with van der Waals surface area (Å²) < 4.78 is 5.40. The van der Waals surface area contributed by atoms with E-state index in [1.165, 1.54) is 28.5 Å². The maximum absolute atomic E-state index is 5.40. The molecule has 2 aromatic heterocycles. The number of benzene rings is 2. The highest BCUT2D eigenvalue weighted by atomic mass is 32.2. The molecule has 0 amide bonds. The molecule has 152 valence electrons. The summed E-state index contributed by atoms with van der Waals surface area (Å²) in [4.78, 5) is 4.51. The summed E-state index contributed by atoms with van der Waals surface area (Å²) >= 11 is 1.53. The standard InChI is InChI=1S/C24H24N4OS/c1-15(2)18-7-9-19(10-8-18)21-11-12-23(27-26-21)30-14-22-25-24(28-29-22)20-6-5-16(3)17(4)13-20/h5-13,15H,14H2,1-4H3. The molecule has 4 rings (SSSR count). The summed E-state index contributed by atoms with van der Waals surface area (Å²) in [5.74, 6) is 2.25. The molecule has 2 aromatic carbocycles. The van der Waals surface area contributed by atoms with Gasteiger partial charge in [-0.25, -0.2) is 0 Å². The highest BCUT2D eigenvalue weighted by molar-refractivity contribution is 7.98. The monoisotopic (exact) mass is 416 g/mol. The Morgan fingerprint density at radius 3 is 2.30 bits per heavy atom. The predicted octanol–water partition coefficient (Wildman–Crippen LogP) is 6.23. The van der Waals surface area contributed by atoms with E-state index in [0.717, 1.165) is 21.8 Å². The Bertz CT molecular complexity index is 1130. The lowest BCUT2D eigenvalue weighted by Crippen LogP contribution is -1.91. The first kappa shape index (κ1) is 20.3. The van der Waals surface area contributed by atoms with Crippen molar-refractivity contribution in [2.24, 2.45) is 0 Å². The van der Waals surface area contributed by atoms with Crippen molar-refractivity contribution < 1.29 is 4.52 Å². The lowest BCUT2D eigenvalue weighted by Gasteiger charge is -2.06. The fraction of sp³-hybridized carbons (Fsp3) is 0.250. The molecule has 30 heavy (non-hydrogen) atoms. The van der Waals surface area contributed by atoms with Crippen LogP contribution in [0.3, 0.4) is 0 Å². The molecular formula is C24H24N4OS. The third-order valence-electron chi connectivity index (χ3n) is 5.09. The zero-order valence-electron chi connectivity index (χ0n) is 17.6. The van der Waals surface area contributed by atoms with E-state index in [9.17, 15) is 0 Å². The third kappa shape index (κ3) is 4.60. The van der Waals surface area contributed by atoms with Crippen LogP contribution >= 0.6 is 11.8 Å². The summed E-state index contributed by atoms with van der Waals surface area (Å²) in [6.45, 7) is 8.55. The van der Waals surface area contributed by atoms with Gasteiger partial charge in [0.1, 0.15) is 5.03 Å². The molecule has 4 aromatic rings. The largest absolute Gasteiger partial charge is 0.338 e. The van der Waals surface area contributed by atoms with Crippen LogP contribution in [-0.2, 0) is 5.75 Å². The molecule has 0 aliphatic heterocycles. The Morgan fingerprint density at radius 1 is 0.867 bits per heavy atom. The molecule has 0 aliphatic rings. The van der Waals surface area contributed by atoms with E-state index in [2.05, 4.69) is 84.4 Å². The molecule has 6 heteroatoms. The Balaban J connectivity index is 1.39. The SMILES string of the molecule is Cc1ccc(-c2noc(CSc3ccc(-c4ccc(C(C)C)cc4)nn3)n2)cc1C. The van der Waals surface area contributed by atoms with Crippen LogP contribution in [0.25, 0.3) is 22.6 Å². The van der Waals surface area contributed by atoms with E-state index in [0.29, 0.717) is 23.4 Å². The summed E-state index contributed by atoms with van der Waals surface area (Å²) in [6, 6.07) is 18.6. The van der Waals surface area contributed by atoms with E-state index in [1.807, 2.05) is 18.2 Å². The van der Waals surface area contributed by atoms with Gasteiger partial charge in [0.15, 0.2) is 0 Å². The van der Waals surface area contributed by atoms with Crippen molar-refractivity contribution in [3.8, 4) is 22.6 Å². The van der Waals surface area contributed by atoms with E-state index in [1.54, 1.807) is 0 Å². The Kier molecular flexibility index (Phi) is 5.95. The fourth-order valence-corrected chi connectivity index (χ4v) is 3.69. The molecular weight excluding hydrogens is 392 g/mol. The van der Waals surface area contributed by atoms with Gasteiger partial charge in [0.25, 0.3) is 0 Å². The molecule has 0 fully saturated rings. The van der Waals surface area contributed by atoms with Crippen LogP contribution in [0.15, 0.2) is 64.1 Å². The number of hydrogen-bond acceptors (Lipinski definition) is 6. The van der Waals surface area contributed by atoms with Gasteiger partial charge in [-0.2, -0.15) is 4.98 Å². The predicted molar refractivity (Wildman–Crippen MR) is 120 cm³/mol. The lowest BCUT2D eigenvalue weighted by molar-refractivity contribution is 0.391. The minimum Gasteiger partial charge on any atom is -0.338 e. The van der Waals surface area contributed by atoms with Crippen molar-refractivity contribution in [1.29, 1.82) is 0 Å². The molecule has 0 bridgehead atoms. The number of nitrogens with zero attached hydrogens (tertiary/aromatic N) is 4. The van der Waals surface area contributed by atoms with Gasteiger partial charge < -0.3 is 4.52 Å². The number of hydrogen-bond donors (Lipinski definition) is 0. The second kappa shape index (κ2) is 8.79. The van der Waals surface area contributed by atoms with Crippen molar-refractivity contribution in [1.82, 2.24) is 20.3 Å². The second-order valence-corrected chi connectivity index (χ2v) is 8.63. The van der Waals surface area contributed by atoms with Gasteiger partial charge >= 0.3 is 0 Å². The number of aryl methyl sites for hydroxylation is 2. The lowest BCUT2D eigenvalue weighted by atomic mass is 10.0. The van der Waals surface area contributed by atoms with Gasteiger partial charge in [-0.05, 0) is 54.7 Å². The van der Waals surface area contributed by atoms with Crippen molar-refractivity contribution >= 4 is 11.8 Å². The quantitative estimate of drug-likeness (QED) is 0.347. The summed E-state index contributed by atoms with van der Waals surface area (Å²) in [5.41, 5.74) is 6.67. The van der Waals surface area contributed by atoms with Gasteiger partial charge in [0, 0.05) is 11.1 Å². The summed E-state index contributed by atoms with van der Waals surface area (Å²) in [6.07, 6.45) is 0. The molecule has 0 saturated carbocycles. The molecule has 0 N–H and O–H groups in total. The number of rotatable bonds is 6. The van der Waals surface area contributed by atoms with Crippen LogP contribution in [0.4, 0.5) is 0 Å². The number of thioether (sulfide) groups is 1. The molecule has 0 saturated heterocycles. The highest BCUT2D eigenvalue weighted by Gasteiger charge is 2.11. The first-order valence-corrected chi connectivity index (χ1v) is 11.0. The van der Waals surface area contributed by atoms with Crippen LogP contribution in [0.1, 0.15) is 42.3 Å². The molecule has 5 nitrogen and oxygen atoms in total. The average Bonchev–Trinajstić information content (AvgIpc) is 3.24. The first-order chi connectivity index (χ1) is 14.5. The van der Waals surface area contributed by atoms with Crippen molar-refractivity contribution in [2.75, 3.05) is 0 Å². The first-order valence-electron chi connectivity index (χ1n) is 9.96. The van der Waals surface area contributed by atoms with Crippen molar-refractivity contribution in [3.63, 3.8) is 0 Å². The maximum atomic E-state index is 5.40.